The van der Waals surface area contributed by atoms with Gasteiger partial charge in [0.05, 0.1) is 0 Å². The fourth-order valence-corrected chi connectivity index (χ4v) is 2.45. The molecular weight excluding hydrogens is 280 g/mol. The summed E-state index contributed by atoms with van der Waals surface area (Å²) in [6, 6.07) is 10.2. The molecule has 1 heterocycles. The predicted molar refractivity (Wildman–Crippen MR) is 85.7 cm³/mol. The summed E-state index contributed by atoms with van der Waals surface area (Å²) in [6.45, 7) is 1.28. The highest BCUT2D eigenvalue weighted by molar-refractivity contribution is 5.80. The molecule has 0 unspecified atom stereocenters. The lowest BCUT2D eigenvalue weighted by Crippen LogP contribution is -2.25. The zero-order chi connectivity index (χ0) is 15.8. The minimum absolute atomic E-state index is 0.0380. The van der Waals surface area contributed by atoms with Gasteiger partial charge in [-0.3, -0.25) is 9.59 Å². The average molecular weight is 302 g/mol. The van der Waals surface area contributed by atoms with Crippen LogP contribution in [0, 0.1) is 0 Å². The summed E-state index contributed by atoms with van der Waals surface area (Å²) in [7, 11) is 0. The van der Waals surface area contributed by atoms with Crippen LogP contribution in [-0.4, -0.2) is 28.1 Å². The fourth-order valence-electron chi connectivity index (χ4n) is 2.45. The second kappa shape index (κ2) is 8.22. The summed E-state index contributed by atoms with van der Waals surface area (Å²) in [5, 5.41) is 12.6. The summed E-state index contributed by atoms with van der Waals surface area (Å²) in [5.41, 5.74) is 1.14. The Hall–Kier alpha value is -2.30. The molecule has 1 aromatic carbocycles. The minimum Gasteiger partial charge on any atom is -0.481 e. The van der Waals surface area contributed by atoms with Gasteiger partial charge in [0.2, 0.25) is 5.91 Å². The van der Waals surface area contributed by atoms with E-state index in [0.29, 0.717) is 25.9 Å². The van der Waals surface area contributed by atoms with Gasteiger partial charge in [-0.05, 0) is 30.4 Å². The van der Waals surface area contributed by atoms with Crippen LogP contribution in [0.5, 0.6) is 0 Å². The number of hydrogen-bond acceptors (Lipinski definition) is 2. The second-order valence-corrected chi connectivity index (χ2v) is 5.37. The number of para-hydroxylation sites is 1. The molecule has 1 aromatic heterocycles. The normalized spacial score (nSPS) is 10.7. The maximum absolute atomic E-state index is 11.8. The predicted octanol–water partition coefficient (Wildman–Crippen LogP) is 2.79. The highest BCUT2D eigenvalue weighted by Gasteiger charge is 2.04. The van der Waals surface area contributed by atoms with E-state index in [9.17, 15) is 9.59 Å². The molecule has 0 radical (unpaired) electrons. The number of carboxylic acids is 1. The van der Waals surface area contributed by atoms with Crippen molar-refractivity contribution in [2.75, 3.05) is 6.54 Å². The van der Waals surface area contributed by atoms with Crippen molar-refractivity contribution in [1.29, 1.82) is 0 Å². The van der Waals surface area contributed by atoms with Crippen molar-refractivity contribution in [3.05, 3.63) is 36.5 Å². The number of fused-ring (bicyclic) bond motifs is 1. The summed E-state index contributed by atoms with van der Waals surface area (Å²) >= 11 is 0. The van der Waals surface area contributed by atoms with Crippen LogP contribution in [0.15, 0.2) is 36.5 Å². The topological polar surface area (TPSA) is 71.3 Å². The van der Waals surface area contributed by atoms with Gasteiger partial charge in [-0.15, -0.1) is 0 Å². The maximum atomic E-state index is 11.8. The van der Waals surface area contributed by atoms with Crippen molar-refractivity contribution in [2.45, 2.75) is 38.6 Å². The molecule has 5 nitrogen and oxygen atoms in total. The number of aryl methyl sites for hydroxylation is 1. The van der Waals surface area contributed by atoms with E-state index in [4.69, 9.17) is 5.11 Å². The molecule has 2 N–H and O–H groups in total. The molecule has 0 spiro atoms. The zero-order valence-corrected chi connectivity index (χ0v) is 12.6. The molecule has 0 aliphatic heterocycles. The van der Waals surface area contributed by atoms with E-state index in [2.05, 4.69) is 28.1 Å². The molecule has 0 aliphatic rings. The van der Waals surface area contributed by atoms with Gasteiger partial charge in [0.25, 0.3) is 0 Å². The van der Waals surface area contributed by atoms with Crippen molar-refractivity contribution < 1.29 is 14.7 Å². The molecule has 5 heteroatoms. The average Bonchev–Trinajstić information content (AvgIpc) is 2.91. The summed E-state index contributed by atoms with van der Waals surface area (Å²) in [5.74, 6) is -0.723. The summed E-state index contributed by atoms with van der Waals surface area (Å²) in [6.07, 6.45) is 4.98. The number of nitrogens with zero attached hydrogens (tertiary/aromatic N) is 1. The molecule has 0 saturated heterocycles. The summed E-state index contributed by atoms with van der Waals surface area (Å²) < 4.78 is 2.09. The molecular formula is C17H22N2O3. The van der Waals surface area contributed by atoms with E-state index in [1.165, 1.54) is 5.39 Å². The van der Waals surface area contributed by atoms with Crippen LogP contribution in [0.2, 0.25) is 0 Å². The minimum atomic E-state index is -0.761. The number of nitrogens with one attached hydrogen (secondary N) is 1. The van der Waals surface area contributed by atoms with Crippen molar-refractivity contribution >= 4 is 22.8 Å². The molecule has 22 heavy (non-hydrogen) atoms. The Morgan fingerprint density at radius 3 is 2.68 bits per heavy atom. The smallest absolute Gasteiger partial charge is 0.303 e. The second-order valence-electron chi connectivity index (χ2n) is 5.37. The molecule has 0 aliphatic carbocycles. The van der Waals surface area contributed by atoms with Crippen LogP contribution in [-0.2, 0) is 16.1 Å². The quantitative estimate of drug-likeness (QED) is 0.700. The molecule has 2 aromatic rings. The number of unbranched alkanes of at least 4 members (excludes halogenated alkanes) is 2. The zero-order valence-electron chi connectivity index (χ0n) is 12.6. The number of hydrogen-bond donors (Lipinski definition) is 2. The van der Waals surface area contributed by atoms with Crippen molar-refractivity contribution in [2.24, 2.45) is 0 Å². The Balaban J connectivity index is 1.64. The molecule has 1 amide bonds. The van der Waals surface area contributed by atoms with Gasteiger partial charge in [-0.1, -0.05) is 24.6 Å². The number of carbonyl (C=O) groups excluding carboxylic acids is 1. The molecule has 118 valence electrons. The third-order valence-electron chi connectivity index (χ3n) is 3.65. The first-order chi connectivity index (χ1) is 10.7. The molecule has 0 fully saturated rings. The van der Waals surface area contributed by atoms with Crippen LogP contribution in [0.1, 0.15) is 32.1 Å². The number of aliphatic carboxylic acids is 1. The fraction of sp³-hybridized carbons (Fsp3) is 0.412. The third-order valence-corrected chi connectivity index (χ3v) is 3.65. The van der Waals surface area contributed by atoms with Gasteiger partial charge in [-0.25, -0.2) is 0 Å². The number of aromatic nitrogens is 1. The van der Waals surface area contributed by atoms with Crippen LogP contribution in [0.3, 0.4) is 0 Å². The first kappa shape index (κ1) is 16.1. The van der Waals surface area contributed by atoms with Crippen molar-refractivity contribution in [1.82, 2.24) is 9.88 Å². The van der Waals surface area contributed by atoms with E-state index in [1.54, 1.807) is 0 Å². The standard InChI is InChI=1S/C17H22N2O3/c20-16(18-11-5-1-2-8-17(21)22)10-13-19-12-9-14-6-3-4-7-15(14)19/h3-4,6-7,9,12H,1-2,5,8,10-11,13H2,(H,18,20)(H,21,22). The maximum Gasteiger partial charge on any atom is 0.303 e. The van der Waals surface area contributed by atoms with E-state index in [0.717, 1.165) is 18.4 Å². The lowest BCUT2D eigenvalue weighted by atomic mass is 10.2. The number of amides is 1. The van der Waals surface area contributed by atoms with E-state index in [-0.39, 0.29) is 12.3 Å². The molecule has 0 bridgehead atoms. The van der Waals surface area contributed by atoms with Crippen molar-refractivity contribution in [3.8, 4) is 0 Å². The lowest BCUT2D eigenvalue weighted by molar-refractivity contribution is -0.137. The van der Waals surface area contributed by atoms with Gasteiger partial charge in [-0.2, -0.15) is 0 Å². The Labute approximate surface area is 129 Å². The third kappa shape index (κ3) is 4.91. The van der Waals surface area contributed by atoms with Crippen molar-refractivity contribution in [3.63, 3.8) is 0 Å². The van der Waals surface area contributed by atoms with E-state index in [1.807, 2.05) is 18.3 Å². The number of carboxylic acid groups (broad SMARTS) is 1. The molecule has 2 rings (SSSR count). The number of benzene rings is 1. The Morgan fingerprint density at radius 1 is 1.05 bits per heavy atom. The largest absolute Gasteiger partial charge is 0.481 e. The highest BCUT2D eigenvalue weighted by atomic mass is 16.4. The Kier molecular flexibility index (Phi) is 6.01. The molecule has 0 atom stereocenters. The van der Waals surface area contributed by atoms with E-state index >= 15 is 0 Å². The highest BCUT2D eigenvalue weighted by Crippen LogP contribution is 2.15. The van der Waals surface area contributed by atoms with Crippen LogP contribution >= 0.6 is 0 Å². The van der Waals surface area contributed by atoms with Gasteiger partial charge in [0.15, 0.2) is 0 Å². The van der Waals surface area contributed by atoms with Gasteiger partial charge < -0.3 is 15.0 Å². The SMILES string of the molecule is O=C(O)CCCCCNC(=O)CCn1ccc2ccccc21. The monoisotopic (exact) mass is 302 g/mol. The molecule has 0 saturated carbocycles. The first-order valence-corrected chi connectivity index (χ1v) is 7.69. The van der Waals surface area contributed by atoms with Crippen LogP contribution < -0.4 is 5.32 Å². The number of rotatable bonds is 9. The van der Waals surface area contributed by atoms with Crippen LogP contribution in [0.25, 0.3) is 10.9 Å². The van der Waals surface area contributed by atoms with Gasteiger partial charge >= 0.3 is 5.97 Å². The van der Waals surface area contributed by atoms with Gasteiger partial charge in [0.1, 0.15) is 0 Å². The van der Waals surface area contributed by atoms with Gasteiger partial charge in [0, 0.05) is 37.6 Å². The first-order valence-electron chi connectivity index (χ1n) is 7.69. The Morgan fingerprint density at radius 2 is 1.86 bits per heavy atom. The lowest BCUT2D eigenvalue weighted by Gasteiger charge is -2.07. The van der Waals surface area contributed by atoms with Crippen LogP contribution in [0.4, 0.5) is 0 Å². The van der Waals surface area contributed by atoms with E-state index < -0.39 is 5.97 Å². The Bertz CT molecular complexity index is 634. The summed E-state index contributed by atoms with van der Waals surface area (Å²) in [4.78, 5) is 22.2. The number of carbonyl (C=O) groups is 2.